The molecule has 2 bridgehead atoms. The number of allylic oxidation sites excluding steroid dienone is 1. The van der Waals surface area contributed by atoms with Gasteiger partial charge in [-0.2, -0.15) is 0 Å². The number of rotatable bonds is 4. The molecule has 0 saturated carbocycles. The molecule has 0 fully saturated rings. The fraction of sp³-hybridized carbons (Fsp3) is 0.233. The lowest BCUT2D eigenvalue weighted by Crippen LogP contribution is -2.44. The summed E-state index contributed by atoms with van der Waals surface area (Å²) in [6.07, 6.45) is 6.25. The van der Waals surface area contributed by atoms with Gasteiger partial charge in [-0.1, -0.05) is 48.5 Å². The predicted octanol–water partition coefficient (Wildman–Crippen LogP) is 5.15. The lowest BCUT2D eigenvalue weighted by atomic mass is 10.0. The van der Waals surface area contributed by atoms with Crippen LogP contribution in [0.3, 0.4) is 0 Å². The minimum atomic E-state index is -0.0350. The number of hydrogen-bond acceptors (Lipinski definition) is 3. The number of fused-ring (bicyclic) bond motifs is 5. The van der Waals surface area contributed by atoms with Gasteiger partial charge in [-0.3, -0.25) is 4.79 Å². The van der Waals surface area contributed by atoms with Crippen molar-refractivity contribution in [1.29, 1.82) is 0 Å². The van der Waals surface area contributed by atoms with Gasteiger partial charge in [0.25, 0.3) is 0 Å². The second kappa shape index (κ2) is 10.1. The normalized spacial score (nSPS) is 15.9. The standard InChI is InChI=1S/C30H31N3O2/c1-33(24-13-15-25(35-2)16-14-24)20-23-18-22-9-5-7-21(17-22)8-6-12-29-27(19-30(34)31-23)26-10-3-4-11-28(26)32-29/h3-7,9-17,23,32H,8,18-20H2,1-2H3,(H,31,34). The van der Waals surface area contributed by atoms with Crippen LogP contribution in [0.5, 0.6) is 5.75 Å². The summed E-state index contributed by atoms with van der Waals surface area (Å²) >= 11 is 0. The second-order valence-electron chi connectivity index (χ2n) is 9.21. The van der Waals surface area contributed by atoms with Gasteiger partial charge in [0.05, 0.1) is 19.6 Å². The summed E-state index contributed by atoms with van der Waals surface area (Å²) in [6.45, 7) is 0.696. The van der Waals surface area contributed by atoms with Gasteiger partial charge in [0, 0.05) is 35.9 Å². The van der Waals surface area contributed by atoms with Crippen LogP contribution in [0.4, 0.5) is 5.69 Å². The van der Waals surface area contributed by atoms with Crippen LogP contribution in [-0.4, -0.2) is 37.6 Å². The second-order valence-corrected chi connectivity index (χ2v) is 9.21. The van der Waals surface area contributed by atoms with Crippen molar-refractivity contribution >= 4 is 28.6 Å². The number of carbonyl (C=O) groups excluding carboxylic acids is 1. The van der Waals surface area contributed by atoms with Crippen LogP contribution in [0, 0.1) is 0 Å². The van der Waals surface area contributed by atoms with E-state index in [1.165, 1.54) is 11.1 Å². The highest BCUT2D eigenvalue weighted by Gasteiger charge is 2.19. The molecular weight excluding hydrogens is 434 g/mol. The first-order chi connectivity index (χ1) is 17.1. The third-order valence-electron chi connectivity index (χ3n) is 6.67. The van der Waals surface area contributed by atoms with Gasteiger partial charge in [0.15, 0.2) is 0 Å². The number of hydrogen-bond donors (Lipinski definition) is 2. The quantitative estimate of drug-likeness (QED) is 0.438. The number of benzene rings is 3. The molecule has 35 heavy (non-hydrogen) atoms. The first-order valence-corrected chi connectivity index (χ1v) is 12.1. The van der Waals surface area contributed by atoms with Gasteiger partial charge in [-0.25, -0.2) is 0 Å². The number of likely N-dealkylation sites (N-methyl/N-ethyl adjacent to an activating group) is 1. The van der Waals surface area contributed by atoms with Gasteiger partial charge < -0.3 is 19.9 Å². The average Bonchev–Trinajstić information content (AvgIpc) is 3.21. The van der Waals surface area contributed by atoms with Crippen LogP contribution in [0.1, 0.15) is 22.4 Å². The summed E-state index contributed by atoms with van der Waals surface area (Å²) in [5.74, 6) is 0.866. The molecule has 2 heterocycles. The fourth-order valence-electron chi connectivity index (χ4n) is 4.91. The Kier molecular flexibility index (Phi) is 6.57. The molecule has 0 saturated heterocycles. The zero-order valence-corrected chi connectivity index (χ0v) is 20.3. The van der Waals surface area contributed by atoms with Gasteiger partial charge in [0.2, 0.25) is 5.91 Å². The molecule has 0 aliphatic carbocycles. The van der Waals surface area contributed by atoms with Crippen LogP contribution in [0.25, 0.3) is 17.0 Å². The molecule has 1 atom stereocenters. The lowest BCUT2D eigenvalue weighted by Gasteiger charge is -2.27. The number of aromatic amines is 1. The monoisotopic (exact) mass is 465 g/mol. The Morgan fingerprint density at radius 3 is 2.63 bits per heavy atom. The van der Waals surface area contributed by atoms with E-state index in [1.807, 2.05) is 36.4 Å². The molecule has 178 valence electrons. The Morgan fingerprint density at radius 2 is 1.80 bits per heavy atom. The van der Waals surface area contributed by atoms with Gasteiger partial charge in [-0.05, 0) is 65.9 Å². The number of amides is 1. The molecule has 5 nitrogen and oxygen atoms in total. The van der Waals surface area contributed by atoms with E-state index in [4.69, 9.17) is 4.74 Å². The molecule has 1 aliphatic rings. The molecular formula is C30H31N3O2. The summed E-state index contributed by atoms with van der Waals surface area (Å²) in [5, 5.41) is 4.44. The summed E-state index contributed by atoms with van der Waals surface area (Å²) in [5.41, 5.74) is 6.68. The molecule has 0 radical (unpaired) electrons. The summed E-state index contributed by atoms with van der Waals surface area (Å²) in [6, 6.07) is 24.8. The van der Waals surface area contributed by atoms with E-state index < -0.39 is 0 Å². The minimum absolute atomic E-state index is 0.0350. The van der Waals surface area contributed by atoms with Crippen LogP contribution < -0.4 is 15.0 Å². The number of methoxy groups -OCH3 is 1. The number of para-hydroxylation sites is 1. The van der Waals surface area contributed by atoms with Crippen LogP contribution in [0.15, 0.2) is 78.9 Å². The number of aromatic nitrogens is 1. The van der Waals surface area contributed by atoms with E-state index in [0.29, 0.717) is 13.0 Å². The summed E-state index contributed by atoms with van der Waals surface area (Å²) in [7, 11) is 3.73. The Hall–Kier alpha value is -3.99. The van der Waals surface area contributed by atoms with Crippen molar-refractivity contribution in [3.05, 3.63) is 101 Å². The zero-order valence-electron chi connectivity index (χ0n) is 20.3. The maximum absolute atomic E-state index is 13.3. The molecule has 4 aromatic rings. The van der Waals surface area contributed by atoms with E-state index in [-0.39, 0.29) is 11.9 Å². The first-order valence-electron chi connectivity index (χ1n) is 12.1. The topological polar surface area (TPSA) is 57.4 Å². The van der Waals surface area contributed by atoms with Crippen LogP contribution >= 0.6 is 0 Å². The molecule has 3 aromatic carbocycles. The fourth-order valence-corrected chi connectivity index (χ4v) is 4.91. The van der Waals surface area contributed by atoms with Gasteiger partial charge in [0.1, 0.15) is 5.75 Å². The van der Waals surface area contributed by atoms with Crippen molar-refractivity contribution < 1.29 is 9.53 Å². The molecule has 1 aliphatic heterocycles. The number of nitrogens with one attached hydrogen (secondary N) is 2. The predicted molar refractivity (Wildman–Crippen MR) is 143 cm³/mol. The Balaban J connectivity index is 1.46. The van der Waals surface area contributed by atoms with E-state index in [1.54, 1.807) is 7.11 Å². The number of carbonyl (C=O) groups is 1. The highest BCUT2D eigenvalue weighted by atomic mass is 16.5. The van der Waals surface area contributed by atoms with E-state index in [0.717, 1.165) is 46.4 Å². The highest BCUT2D eigenvalue weighted by molar-refractivity contribution is 5.92. The van der Waals surface area contributed by atoms with Crippen LogP contribution in [-0.2, 0) is 24.1 Å². The van der Waals surface area contributed by atoms with Crippen molar-refractivity contribution in [3.8, 4) is 5.75 Å². The van der Waals surface area contributed by atoms with Crippen molar-refractivity contribution in [2.24, 2.45) is 0 Å². The Labute approximate surface area is 206 Å². The maximum atomic E-state index is 13.3. The van der Waals surface area contributed by atoms with E-state index in [2.05, 4.69) is 70.8 Å². The van der Waals surface area contributed by atoms with Crippen molar-refractivity contribution in [1.82, 2.24) is 10.3 Å². The smallest absolute Gasteiger partial charge is 0.224 e. The number of H-pyrrole nitrogens is 1. The third kappa shape index (κ3) is 5.24. The Bertz CT molecular complexity index is 1350. The van der Waals surface area contributed by atoms with E-state index >= 15 is 0 Å². The molecule has 1 amide bonds. The maximum Gasteiger partial charge on any atom is 0.224 e. The Morgan fingerprint density at radius 1 is 1.00 bits per heavy atom. The minimum Gasteiger partial charge on any atom is -0.497 e. The molecule has 5 heteroatoms. The lowest BCUT2D eigenvalue weighted by molar-refractivity contribution is -0.121. The molecule has 0 spiro atoms. The zero-order chi connectivity index (χ0) is 24.2. The number of ether oxygens (including phenoxy) is 1. The largest absolute Gasteiger partial charge is 0.497 e. The molecule has 2 N–H and O–H groups in total. The molecule has 1 unspecified atom stereocenters. The van der Waals surface area contributed by atoms with Crippen molar-refractivity contribution in [2.45, 2.75) is 25.3 Å². The van der Waals surface area contributed by atoms with E-state index in [9.17, 15) is 4.79 Å². The average molecular weight is 466 g/mol. The highest BCUT2D eigenvalue weighted by Crippen LogP contribution is 2.25. The summed E-state index contributed by atoms with van der Waals surface area (Å²) < 4.78 is 5.30. The molecule has 1 aromatic heterocycles. The van der Waals surface area contributed by atoms with Crippen molar-refractivity contribution in [2.75, 3.05) is 25.6 Å². The summed E-state index contributed by atoms with van der Waals surface area (Å²) in [4.78, 5) is 19.0. The van der Waals surface area contributed by atoms with Gasteiger partial charge >= 0.3 is 0 Å². The van der Waals surface area contributed by atoms with Crippen LogP contribution in [0.2, 0.25) is 0 Å². The number of anilines is 1. The first kappa shape index (κ1) is 22.8. The SMILES string of the molecule is COc1ccc(N(C)CC2Cc3cccc(c3)CC=Cc3[nH]c4ccccc4c3CC(=O)N2)cc1. The number of nitrogens with zero attached hydrogens (tertiary/aromatic N) is 1. The third-order valence-corrected chi connectivity index (χ3v) is 6.67. The molecule has 5 rings (SSSR count). The van der Waals surface area contributed by atoms with Crippen molar-refractivity contribution in [3.63, 3.8) is 0 Å². The van der Waals surface area contributed by atoms with Gasteiger partial charge in [-0.15, -0.1) is 0 Å².